The number of fused-ring (bicyclic) bond motifs is 2. The van der Waals surface area contributed by atoms with E-state index in [2.05, 4.69) is 23.8 Å². The summed E-state index contributed by atoms with van der Waals surface area (Å²) in [5, 5.41) is 20.9. The van der Waals surface area contributed by atoms with Crippen molar-refractivity contribution in [1.29, 1.82) is 0 Å². The molecule has 1 aromatic carbocycles. The van der Waals surface area contributed by atoms with Gasteiger partial charge in [-0.3, -0.25) is 0 Å². The fraction of sp³-hybridized carbons (Fsp3) is 0.625. The molecule has 1 aromatic rings. The average Bonchev–Trinajstić information content (AvgIpc) is 3.02. The lowest BCUT2D eigenvalue weighted by Crippen LogP contribution is -2.26. The minimum Gasteiger partial charge on any atom is -0.482 e. The molecule has 0 spiro atoms. The summed E-state index contributed by atoms with van der Waals surface area (Å²) in [5.74, 6) is 1.18. The van der Waals surface area contributed by atoms with Crippen LogP contribution in [0.2, 0.25) is 0 Å². The van der Waals surface area contributed by atoms with E-state index in [1.165, 1.54) is 12.7 Å². The number of aliphatic hydroxyl groups excluding tert-OH is 2. The van der Waals surface area contributed by atoms with Gasteiger partial charge in [-0.25, -0.2) is 4.79 Å². The fourth-order valence-corrected chi connectivity index (χ4v) is 4.89. The molecule has 0 saturated heterocycles. The molecule has 0 unspecified atom stereocenters. The molecule has 160 valence electrons. The van der Waals surface area contributed by atoms with Crippen LogP contribution in [-0.2, 0) is 22.4 Å². The summed E-state index contributed by atoms with van der Waals surface area (Å²) in [6.07, 6.45) is 9.71. The van der Waals surface area contributed by atoms with Crippen molar-refractivity contribution in [3.8, 4) is 5.75 Å². The number of benzene rings is 1. The minimum absolute atomic E-state index is 0.0774. The maximum atomic E-state index is 11.4. The topological polar surface area (TPSA) is 76.0 Å². The summed E-state index contributed by atoms with van der Waals surface area (Å²) in [4.78, 5) is 11.4. The van der Waals surface area contributed by atoms with Crippen LogP contribution in [-0.4, -0.2) is 42.1 Å². The molecule has 5 atom stereocenters. The first-order chi connectivity index (χ1) is 14.0. The first kappa shape index (κ1) is 21.8. The SMILES string of the molecule is CCCCC[C@H](O)C=C[C@@H]1[C@H]2Cc3cccc(OCC(=O)OC)c3C[C@H]2C[C@H]1O. The second-order valence-corrected chi connectivity index (χ2v) is 8.42. The summed E-state index contributed by atoms with van der Waals surface area (Å²) >= 11 is 0. The second kappa shape index (κ2) is 10.3. The van der Waals surface area contributed by atoms with Crippen molar-refractivity contribution >= 4 is 5.97 Å². The van der Waals surface area contributed by atoms with Gasteiger partial charge in [-0.1, -0.05) is 50.5 Å². The van der Waals surface area contributed by atoms with Gasteiger partial charge in [0.1, 0.15) is 5.75 Å². The number of carbonyl (C=O) groups excluding carboxylic acids is 1. The lowest BCUT2D eigenvalue weighted by Gasteiger charge is -2.31. The Labute approximate surface area is 173 Å². The molecule has 0 amide bonds. The van der Waals surface area contributed by atoms with E-state index in [1.54, 1.807) is 0 Å². The Kier molecular flexibility index (Phi) is 7.73. The van der Waals surface area contributed by atoms with Gasteiger partial charge in [0.15, 0.2) is 6.61 Å². The third-order valence-electron chi connectivity index (χ3n) is 6.47. The van der Waals surface area contributed by atoms with Crippen molar-refractivity contribution in [3.05, 3.63) is 41.5 Å². The number of rotatable bonds is 9. The maximum absolute atomic E-state index is 11.4. The molecule has 29 heavy (non-hydrogen) atoms. The molecule has 0 aromatic heterocycles. The van der Waals surface area contributed by atoms with E-state index in [1.807, 2.05) is 18.2 Å². The molecule has 5 nitrogen and oxygen atoms in total. The van der Waals surface area contributed by atoms with E-state index >= 15 is 0 Å². The highest BCUT2D eigenvalue weighted by Crippen LogP contribution is 2.47. The molecule has 1 fully saturated rings. The van der Waals surface area contributed by atoms with Crippen molar-refractivity contribution in [2.45, 2.75) is 64.1 Å². The maximum Gasteiger partial charge on any atom is 0.343 e. The normalized spacial score (nSPS) is 26.8. The van der Waals surface area contributed by atoms with Crippen molar-refractivity contribution in [2.24, 2.45) is 17.8 Å². The first-order valence-electron chi connectivity index (χ1n) is 10.9. The summed E-state index contributed by atoms with van der Waals surface area (Å²) in [5.41, 5.74) is 2.37. The number of hydrogen-bond acceptors (Lipinski definition) is 5. The Bertz CT molecular complexity index is 713. The predicted octanol–water partition coefficient (Wildman–Crippen LogP) is 3.45. The number of esters is 1. The second-order valence-electron chi connectivity index (χ2n) is 8.42. The summed E-state index contributed by atoms with van der Waals surface area (Å²) < 4.78 is 10.4. The van der Waals surface area contributed by atoms with Crippen LogP contribution in [0.5, 0.6) is 5.75 Å². The predicted molar refractivity (Wildman–Crippen MR) is 112 cm³/mol. The third kappa shape index (κ3) is 5.40. The smallest absolute Gasteiger partial charge is 0.343 e. The third-order valence-corrected chi connectivity index (χ3v) is 6.47. The average molecular weight is 403 g/mol. The van der Waals surface area contributed by atoms with Crippen LogP contribution < -0.4 is 4.74 Å². The van der Waals surface area contributed by atoms with Crippen LogP contribution in [0.15, 0.2) is 30.4 Å². The first-order valence-corrected chi connectivity index (χ1v) is 10.9. The molecule has 2 aliphatic carbocycles. The van der Waals surface area contributed by atoms with Crippen LogP contribution in [0.4, 0.5) is 0 Å². The largest absolute Gasteiger partial charge is 0.482 e. The minimum atomic E-state index is -0.429. The summed E-state index contributed by atoms with van der Waals surface area (Å²) in [6.45, 7) is 2.06. The Balaban J connectivity index is 1.68. The van der Waals surface area contributed by atoms with Crippen LogP contribution in [0.25, 0.3) is 0 Å². The molecule has 3 rings (SSSR count). The Morgan fingerprint density at radius 1 is 1.31 bits per heavy atom. The molecule has 2 N–H and O–H groups in total. The van der Waals surface area contributed by atoms with Gasteiger partial charge in [0.2, 0.25) is 0 Å². The van der Waals surface area contributed by atoms with E-state index in [9.17, 15) is 15.0 Å². The van der Waals surface area contributed by atoms with Crippen LogP contribution in [0.1, 0.15) is 50.2 Å². The quantitative estimate of drug-likeness (QED) is 0.376. The highest BCUT2D eigenvalue weighted by Gasteiger charge is 2.44. The van der Waals surface area contributed by atoms with Crippen molar-refractivity contribution in [2.75, 3.05) is 13.7 Å². The van der Waals surface area contributed by atoms with E-state index in [0.717, 1.165) is 56.3 Å². The number of carbonyl (C=O) groups is 1. The number of methoxy groups -OCH3 is 1. The monoisotopic (exact) mass is 402 g/mol. The van der Waals surface area contributed by atoms with Crippen molar-refractivity contribution in [1.82, 2.24) is 0 Å². The van der Waals surface area contributed by atoms with E-state index in [0.29, 0.717) is 11.8 Å². The van der Waals surface area contributed by atoms with Gasteiger partial charge in [-0.15, -0.1) is 0 Å². The van der Waals surface area contributed by atoms with Gasteiger partial charge in [-0.05, 0) is 54.7 Å². The van der Waals surface area contributed by atoms with E-state index in [4.69, 9.17) is 4.74 Å². The molecule has 0 radical (unpaired) electrons. The van der Waals surface area contributed by atoms with E-state index in [-0.39, 0.29) is 18.6 Å². The van der Waals surface area contributed by atoms with Crippen LogP contribution >= 0.6 is 0 Å². The van der Waals surface area contributed by atoms with Gasteiger partial charge >= 0.3 is 5.97 Å². The molecular weight excluding hydrogens is 368 g/mol. The van der Waals surface area contributed by atoms with Crippen LogP contribution in [0, 0.1) is 17.8 Å². The number of unbranched alkanes of at least 4 members (excludes halogenated alkanes) is 2. The molecule has 5 heteroatoms. The zero-order chi connectivity index (χ0) is 20.8. The van der Waals surface area contributed by atoms with Gasteiger partial charge in [0, 0.05) is 5.92 Å². The van der Waals surface area contributed by atoms with E-state index < -0.39 is 12.1 Å². The molecule has 1 saturated carbocycles. The zero-order valence-corrected chi connectivity index (χ0v) is 17.5. The molecule has 0 aliphatic heterocycles. The summed E-state index contributed by atoms with van der Waals surface area (Å²) in [6, 6.07) is 5.97. The summed E-state index contributed by atoms with van der Waals surface area (Å²) in [7, 11) is 1.35. The zero-order valence-electron chi connectivity index (χ0n) is 17.5. The molecule has 0 heterocycles. The molecular formula is C24H34O5. The van der Waals surface area contributed by atoms with Crippen molar-refractivity contribution in [3.63, 3.8) is 0 Å². The molecule has 2 aliphatic rings. The van der Waals surface area contributed by atoms with Gasteiger partial charge in [-0.2, -0.15) is 0 Å². The van der Waals surface area contributed by atoms with Crippen LogP contribution in [0.3, 0.4) is 0 Å². The van der Waals surface area contributed by atoms with Gasteiger partial charge in [0.05, 0.1) is 19.3 Å². The Hall–Kier alpha value is -1.85. The fourth-order valence-electron chi connectivity index (χ4n) is 4.89. The standard InChI is InChI=1S/C24H34O5/c1-3-4-5-8-18(25)10-11-19-20-12-16-7-6-9-23(29-15-24(27)28-2)21(16)13-17(20)14-22(19)26/h6-7,9-11,17-20,22,25-26H,3-5,8,12-15H2,1-2H3/t17-,18-,19+,20-,22+/m0/s1. The highest BCUT2D eigenvalue weighted by molar-refractivity contribution is 5.71. The molecule has 0 bridgehead atoms. The number of hydrogen-bond donors (Lipinski definition) is 2. The van der Waals surface area contributed by atoms with Crippen molar-refractivity contribution < 1.29 is 24.5 Å². The number of ether oxygens (including phenoxy) is 2. The Morgan fingerprint density at radius 3 is 2.90 bits per heavy atom. The van der Waals surface area contributed by atoms with Gasteiger partial charge in [0.25, 0.3) is 0 Å². The highest BCUT2D eigenvalue weighted by atomic mass is 16.6. The number of aliphatic hydroxyl groups is 2. The lowest BCUT2D eigenvalue weighted by molar-refractivity contribution is -0.142. The Morgan fingerprint density at radius 2 is 2.14 bits per heavy atom. The lowest BCUT2D eigenvalue weighted by atomic mass is 9.74. The van der Waals surface area contributed by atoms with Gasteiger partial charge < -0.3 is 19.7 Å².